The summed E-state index contributed by atoms with van der Waals surface area (Å²) >= 11 is 0. The zero-order chi connectivity index (χ0) is 19.4. The van der Waals surface area contributed by atoms with Crippen LogP contribution in [-0.4, -0.2) is 43.6 Å². The van der Waals surface area contributed by atoms with Crippen LogP contribution in [0.25, 0.3) is 0 Å². The number of esters is 2. The molecule has 1 aromatic carbocycles. The molecule has 9 nitrogen and oxygen atoms in total. The van der Waals surface area contributed by atoms with E-state index < -0.39 is 23.8 Å². The van der Waals surface area contributed by atoms with Gasteiger partial charge in [-0.15, -0.1) is 0 Å². The van der Waals surface area contributed by atoms with E-state index in [4.69, 9.17) is 9.47 Å². The van der Waals surface area contributed by atoms with Gasteiger partial charge in [0.1, 0.15) is 5.75 Å². The van der Waals surface area contributed by atoms with Gasteiger partial charge in [-0.1, -0.05) is 0 Å². The maximum Gasteiger partial charge on any atom is 0.338 e. The van der Waals surface area contributed by atoms with Gasteiger partial charge in [-0.05, 0) is 38.1 Å². The zero-order valence-corrected chi connectivity index (χ0v) is 14.7. The van der Waals surface area contributed by atoms with Crippen LogP contribution >= 0.6 is 0 Å². The second-order valence-electron chi connectivity index (χ2n) is 4.93. The Morgan fingerprint density at radius 1 is 0.846 bits per heavy atom. The second kappa shape index (κ2) is 11.5. The van der Waals surface area contributed by atoms with Gasteiger partial charge in [0, 0.05) is 6.42 Å². The predicted molar refractivity (Wildman–Crippen MR) is 90.0 cm³/mol. The topological polar surface area (TPSA) is 120 Å². The summed E-state index contributed by atoms with van der Waals surface area (Å²) in [6, 6.07) is 6.08. The van der Waals surface area contributed by atoms with Gasteiger partial charge in [-0.2, -0.15) is 0 Å². The van der Waals surface area contributed by atoms with E-state index in [1.807, 2.05) is 0 Å². The van der Waals surface area contributed by atoms with E-state index in [1.165, 1.54) is 24.3 Å². The first kappa shape index (κ1) is 20.9. The molecule has 0 saturated carbocycles. The molecular formula is C17H22N2O7. The number of carbonyl (C=O) groups excluding carboxylic acids is 4. The molecule has 0 bridgehead atoms. The molecule has 0 atom stereocenters. The summed E-state index contributed by atoms with van der Waals surface area (Å²) in [6.07, 6.45) is -0.172. The fourth-order valence-corrected chi connectivity index (χ4v) is 1.74. The van der Waals surface area contributed by atoms with E-state index >= 15 is 0 Å². The summed E-state index contributed by atoms with van der Waals surface area (Å²) in [5.74, 6) is -1.65. The number of carbonyl (C=O) groups is 4. The Balaban J connectivity index is 2.28. The lowest BCUT2D eigenvalue weighted by molar-refractivity contribution is -0.144. The first-order valence-electron chi connectivity index (χ1n) is 8.09. The highest BCUT2D eigenvalue weighted by Crippen LogP contribution is 2.12. The highest BCUT2D eigenvalue weighted by molar-refractivity contribution is 5.89. The van der Waals surface area contributed by atoms with Crippen molar-refractivity contribution in [1.29, 1.82) is 0 Å². The summed E-state index contributed by atoms with van der Waals surface area (Å²) in [5.41, 5.74) is 4.70. The van der Waals surface area contributed by atoms with E-state index in [1.54, 1.807) is 13.8 Å². The van der Waals surface area contributed by atoms with Crippen molar-refractivity contribution in [2.45, 2.75) is 26.7 Å². The smallest absolute Gasteiger partial charge is 0.338 e. The van der Waals surface area contributed by atoms with E-state index in [9.17, 15) is 19.2 Å². The first-order chi connectivity index (χ1) is 12.5. The van der Waals surface area contributed by atoms with Crippen molar-refractivity contribution in [3.63, 3.8) is 0 Å². The fraction of sp³-hybridized carbons (Fsp3) is 0.412. The molecular weight excluding hydrogens is 344 g/mol. The molecule has 2 amide bonds. The Hall–Kier alpha value is -3.10. The number of rotatable bonds is 9. The predicted octanol–water partition coefficient (Wildman–Crippen LogP) is 0.733. The quantitative estimate of drug-likeness (QED) is 0.488. The van der Waals surface area contributed by atoms with Crippen LogP contribution in [0.5, 0.6) is 5.75 Å². The molecule has 0 saturated heterocycles. The molecule has 0 heterocycles. The van der Waals surface area contributed by atoms with Gasteiger partial charge < -0.3 is 14.2 Å². The molecule has 2 N–H and O–H groups in total. The van der Waals surface area contributed by atoms with Gasteiger partial charge in [0.2, 0.25) is 5.91 Å². The van der Waals surface area contributed by atoms with Crippen LogP contribution in [-0.2, 0) is 23.9 Å². The molecule has 0 aliphatic carbocycles. The molecule has 0 unspecified atom stereocenters. The average molecular weight is 366 g/mol. The zero-order valence-electron chi connectivity index (χ0n) is 14.7. The molecule has 0 aliphatic heterocycles. The van der Waals surface area contributed by atoms with E-state index in [2.05, 4.69) is 15.6 Å². The molecule has 0 radical (unpaired) electrons. The second-order valence-corrected chi connectivity index (χ2v) is 4.93. The number of benzene rings is 1. The Kier molecular flexibility index (Phi) is 9.23. The maximum atomic E-state index is 11.6. The van der Waals surface area contributed by atoms with Crippen molar-refractivity contribution >= 4 is 23.8 Å². The third kappa shape index (κ3) is 8.13. The van der Waals surface area contributed by atoms with Crippen molar-refractivity contribution in [3.8, 4) is 5.75 Å². The van der Waals surface area contributed by atoms with Crippen molar-refractivity contribution in [1.82, 2.24) is 10.9 Å². The molecule has 9 heteroatoms. The summed E-state index contributed by atoms with van der Waals surface area (Å²) < 4.78 is 14.8. The lowest BCUT2D eigenvalue weighted by Gasteiger charge is -2.09. The summed E-state index contributed by atoms with van der Waals surface area (Å²) in [5, 5.41) is 0. The van der Waals surface area contributed by atoms with Crippen molar-refractivity contribution in [2.24, 2.45) is 0 Å². The Morgan fingerprint density at radius 2 is 1.46 bits per heavy atom. The minimum Gasteiger partial charge on any atom is -0.484 e. The minimum absolute atomic E-state index is 0.0706. The summed E-state index contributed by atoms with van der Waals surface area (Å²) in [7, 11) is 0. The lowest BCUT2D eigenvalue weighted by Crippen LogP contribution is -2.43. The van der Waals surface area contributed by atoms with Crippen LogP contribution in [0.2, 0.25) is 0 Å². The first-order valence-corrected chi connectivity index (χ1v) is 8.09. The van der Waals surface area contributed by atoms with Crippen molar-refractivity contribution < 1.29 is 33.4 Å². The largest absolute Gasteiger partial charge is 0.484 e. The van der Waals surface area contributed by atoms with Crippen LogP contribution in [0, 0.1) is 0 Å². The Labute approximate surface area is 151 Å². The molecule has 0 fully saturated rings. The molecule has 1 rings (SSSR count). The number of hydrogen-bond donors (Lipinski definition) is 2. The molecule has 1 aromatic rings. The van der Waals surface area contributed by atoms with Crippen LogP contribution in [0.15, 0.2) is 24.3 Å². The van der Waals surface area contributed by atoms with Crippen LogP contribution in [0.4, 0.5) is 0 Å². The van der Waals surface area contributed by atoms with Gasteiger partial charge in [0.05, 0.1) is 25.2 Å². The van der Waals surface area contributed by atoms with Crippen LogP contribution < -0.4 is 15.6 Å². The van der Waals surface area contributed by atoms with Crippen LogP contribution in [0.3, 0.4) is 0 Å². The van der Waals surface area contributed by atoms with Crippen molar-refractivity contribution in [2.75, 3.05) is 19.8 Å². The molecule has 0 aromatic heterocycles. The average Bonchev–Trinajstić information content (AvgIpc) is 2.64. The number of amides is 2. The highest BCUT2D eigenvalue weighted by Gasteiger charge is 2.10. The van der Waals surface area contributed by atoms with Crippen molar-refractivity contribution in [3.05, 3.63) is 29.8 Å². The fourth-order valence-electron chi connectivity index (χ4n) is 1.74. The molecule has 0 spiro atoms. The third-order valence-corrected chi connectivity index (χ3v) is 2.94. The van der Waals surface area contributed by atoms with E-state index in [0.717, 1.165) is 0 Å². The highest BCUT2D eigenvalue weighted by atomic mass is 16.5. The minimum atomic E-state index is -0.580. The number of ether oxygens (including phenoxy) is 3. The monoisotopic (exact) mass is 366 g/mol. The van der Waals surface area contributed by atoms with Gasteiger partial charge in [-0.3, -0.25) is 25.2 Å². The maximum absolute atomic E-state index is 11.6. The number of hydrogen-bond acceptors (Lipinski definition) is 7. The lowest BCUT2D eigenvalue weighted by atomic mass is 10.2. The Bertz CT molecular complexity index is 629. The SMILES string of the molecule is CCOC(=O)CCC(=O)NNC(=O)COc1ccc(C(=O)OCC)cc1. The van der Waals surface area contributed by atoms with Gasteiger partial charge in [0.15, 0.2) is 6.61 Å². The van der Waals surface area contributed by atoms with Gasteiger partial charge in [0.25, 0.3) is 5.91 Å². The number of nitrogens with one attached hydrogen (secondary N) is 2. The molecule has 142 valence electrons. The third-order valence-electron chi connectivity index (χ3n) is 2.94. The van der Waals surface area contributed by atoms with Gasteiger partial charge in [-0.25, -0.2) is 4.79 Å². The summed E-state index contributed by atoms with van der Waals surface area (Å²) in [4.78, 5) is 45.7. The standard InChI is InChI=1S/C17H22N2O7/c1-3-24-16(22)10-9-14(20)18-19-15(21)11-26-13-7-5-12(6-8-13)17(23)25-4-2/h5-8H,3-4,9-11H2,1-2H3,(H,18,20)(H,19,21). The van der Waals surface area contributed by atoms with Gasteiger partial charge >= 0.3 is 11.9 Å². The summed E-state index contributed by atoms with van der Waals surface area (Å²) in [6.45, 7) is 3.57. The number of hydrazine groups is 1. The normalized spacial score (nSPS) is 9.77. The molecule has 26 heavy (non-hydrogen) atoms. The van der Waals surface area contributed by atoms with E-state index in [-0.39, 0.29) is 32.7 Å². The van der Waals surface area contributed by atoms with E-state index in [0.29, 0.717) is 11.3 Å². The Morgan fingerprint density at radius 3 is 2.08 bits per heavy atom. The molecule has 0 aliphatic rings. The van der Waals surface area contributed by atoms with Crippen LogP contribution in [0.1, 0.15) is 37.0 Å².